The van der Waals surface area contributed by atoms with E-state index in [9.17, 15) is 0 Å². The first-order valence-corrected chi connectivity index (χ1v) is 8.04. The van der Waals surface area contributed by atoms with Gasteiger partial charge in [-0.15, -0.1) is 0 Å². The molecule has 2 aromatic carbocycles. The molecule has 0 bridgehead atoms. The predicted molar refractivity (Wildman–Crippen MR) is 87.5 cm³/mol. The van der Waals surface area contributed by atoms with Crippen molar-refractivity contribution in [2.24, 2.45) is 0 Å². The average Bonchev–Trinajstić information content (AvgIpc) is 2.55. The van der Waals surface area contributed by atoms with Crippen molar-refractivity contribution in [1.82, 2.24) is 4.90 Å². The Morgan fingerprint density at radius 1 is 0.952 bits per heavy atom. The SMILES string of the molecule is c1ccc2c(c1)CCN(Cc1cccc3c1CCCN3)C2. The lowest BCUT2D eigenvalue weighted by Gasteiger charge is -2.30. The van der Waals surface area contributed by atoms with E-state index < -0.39 is 0 Å². The summed E-state index contributed by atoms with van der Waals surface area (Å²) in [6.07, 6.45) is 3.67. The zero-order valence-electron chi connectivity index (χ0n) is 12.4. The van der Waals surface area contributed by atoms with Crippen LogP contribution in [0.5, 0.6) is 0 Å². The van der Waals surface area contributed by atoms with E-state index in [4.69, 9.17) is 0 Å². The maximum atomic E-state index is 3.54. The number of rotatable bonds is 2. The van der Waals surface area contributed by atoms with Crippen LogP contribution in [-0.2, 0) is 25.9 Å². The summed E-state index contributed by atoms with van der Waals surface area (Å²) < 4.78 is 0. The monoisotopic (exact) mass is 278 g/mol. The first-order valence-electron chi connectivity index (χ1n) is 8.04. The number of nitrogens with one attached hydrogen (secondary N) is 1. The molecular formula is C19H22N2. The zero-order chi connectivity index (χ0) is 14.1. The molecule has 0 atom stereocenters. The summed E-state index contributed by atoms with van der Waals surface area (Å²) in [5, 5.41) is 3.54. The fraction of sp³-hybridized carbons (Fsp3) is 0.368. The van der Waals surface area contributed by atoms with Crippen molar-refractivity contribution in [1.29, 1.82) is 0 Å². The summed E-state index contributed by atoms with van der Waals surface area (Å²) in [4.78, 5) is 2.59. The first-order chi connectivity index (χ1) is 10.4. The van der Waals surface area contributed by atoms with Crippen molar-refractivity contribution in [3.05, 3.63) is 64.7 Å². The minimum absolute atomic E-state index is 1.08. The summed E-state index contributed by atoms with van der Waals surface area (Å²) >= 11 is 0. The lowest BCUT2D eigenvalue weighted by atomic mass is 9.95. The maximum Gasteiger partial charge on any atom is 0.0375 e. The third-order valence-corrected chi connectivity index (χ3v) is 4.80. The maximum absolute atomic E-state index is 3.54. The molecule has 108 valence electrons. The lowest BCUT2D eigenvalue weighted by Crippen LogP contribution is -2.30. The molecule has 0 fully saturated rings. The molecule has 0 radical (unpaired) electrons. The molecule has 2 aromatic rings. The minimum atomic E-state index is 1.08. The van der Waals surface area contributed by atoms with Crippen LogP contribution in [0.25, 0.3) is 0 Å². The van der Waals surface area contributed by atoms with E-state index >= 15 is 0 Å². The van der Waals surface area contributed by atoms with E-state index in [0.29, 0.717) is 0 Å². The van der Waals surface area contributed by atoms with Crippen molar-refractivity contribution in [2.45, 2.75) is 32.4 Å². The molecule has 0 spiro atoms. The Hall–Kier alpha value is -1.80. The van der Waals surface area contributed by atoms with Gasteiger partial charge in [-0.1, -0.05) is 36.4 Å². The van der Waals surface area contributed by atoms with Crippen molar-refractivity contribution in [3.8, 4) is 0 Å². The van der Waals surface area contributed by atoms with Crippen LogP contribution < -0.4 is 5.32 Å². The van der Waals surface area contributed by atoms with Gasteiger partial charge < -0.3 is 5.32 Å². The molecule has 0 saturated carbocycles. The van der Waals surface area contributed by atoms with Gasteiger partial charge in [-0.3, -0.25) is 4.90 Å². The van der Waals surface area contributed by atoms with E-state index in [0.717, 1.165) is 19.6 Å². The molecule has 21 heavy (non-hydrogen) atoms. The Balaban J connectivity index is 1.55. The second-order valence-electron chi connectivity index (χ2n) is 6.20. The van der Waals surface area contributed by atoms with Crippen LogP contribution in [0.15, 0.2) is 42.5 Å². The molecule has 1 N–H and O–H groups in total. The fourth-order valence-corrected chi connectivity index (χ4v) is 3.66. The van der Waals surface area contributed by atoms with Crippen LogP contribution in [0.2, 0.25) is 0 Å². The highest BCUT2D eigenvalue weighted by Crippen LogP contribution is 2.27. The molecule has 2 heteroatoms. The van der Waals surface area contributed by atoms with Crippen LogP contribution in [0.4, 0.5) is 5.69 Å². The van der Waals surface area contributed by atoms with Crippen LogP contribution in [0, 0.1) is 0 Å². The Kier molecular flexibility index (Phi) is 3.40. The van der Waals surface area contributed by atoms with Crippen molar-refractivity contribution in [3.63, 3.8) is 0 Å². The van der Waals surface area contributed by atoms with Crippen LogP contribution in [0.3, 0.4) is 0 Å². The summed E-state index contributed by atoms with van der Waals surface area (Å²) in [6, 6.07) is 15.6. The molecule has 0 amide bonds. The largest absolute Gasteiger partial charge is 0.385 e. The first kappa shape index (κ1) is 12.9. The third-order valence-electron chi connectivity index (χ3n) is 4.80. The Bertz CT molecular complexity index is 648. The highest BCUT2D eigenvalue weighted by atomic mass is 15.1. The minimum Gasteiger partial charge on any atom is -0.385 e. The fourth-order valence-electron chi connectivity index (χ4n) is 3.66. The van der Waals surface area contributed by atoms with E-state index in [2.05, 4.69) is 52.7 Å². The number of nitrogens with zero attached hydrogens (tertiary/aromatic N) is 1. The van der Waals surface area contributed by atoms with E-state index in [1.54, 1.807) is 5.56 Å². The van der Waals surface area contributed by atoms with Crippen molar-refractivity contribution < 1.29 is 0 Å². The molecule has 0 unspecified atom stereocenters. The van der Waals surface area contributed by atoms with Gasteiger partial charge in [-0.2, -0.15) is 0 Å². The quantitative estimate of drug-likeness (QED) is 0.903. The number of hydrogen-bond acceptors (Lipinski definition) is 2. The molecule has 0 aliphatic carbocycles. The van der Waals surface area contributed by atoms with Gasteiger partial charge in [0.25, 0.3) is 0 Å². The van der Waals surface area contributed by atoms with Crippen molar-refractivity contribution >= 4 is 5.69 Å². The van der Waals surface area contributed by atoms with Crippen molar-refractivity contribution in [2.75, 3.05) is 18.4 Å². The number of hydrogen-bond donors (Lipinski definition) is 1. The van der Waals surface area contributed by atoms with Crippen LogP contribution >= 0.6 is 0 Å². The predicted octanol–water partition coefficient (Wildman–Crippen LogP) is 3.60. The van der Waals surface area contributed by atoms with Gasteiger partial charge >= 0.3 is 0 Å². The lowest BCUT2D eigenvalue weighted by molar-refractivity contribution is 0.245. The van der Waals surface area contributed by atoms with E-state index in [1.807, 2.05) is 0 Å². The third kappa shape index (κ3) is 2.56. The van der Waals surface area contributed by atoms with Crippen LogP contribution in [0.1, 0.15) is 28.7 Å². The summed E-state index contributed by atoms with van der Waals surface area (Å²) in [7, 11) is 0. The standard InChI is InChI=1S/C19H22N2/c1-2-6-16-13-21(12-10-15(16)5-1)14-17-7-3-9-19-18(17)8-4-11-20-19/h1-3,5-7,9,20H,4,8,10-14H2. The van der Waals surface area contributed by atoms with E-state index in [1.165, 1.54) is 48.2 Å². The van der Waals surface area contributed by atoms with Gasteiger partial charge in [-0.05, 0) is 47.6 Å². The zero-order valence-corrected chi connectivity index (χ0v) is 12.4. The smallest absolute Gasteiger partial charge is 0.0375 e. The summed E-state index contributed by atoms with van der Waals surface area (Å²) in [6.45, 7) is 4.47. The molecular weight excluding hydrogens is 256 g/mol. The number of anilines is 1. The van der Waals surface area contributed by atoms with Gasteiger partial charge in [0.05, 0.1) is 0 Å². The van der Waals surface area contributed by atoms with Gasteiger partial charge in [0.2, 0.25) is 0 Å². The Morgan fingerprint density at radius 2 is 1.86 bits per heavy atom. The number of fused-ring (bicyclic) bond motifs is 2. The molecule has 4 rings (SSSR count). The summed E-state index contributed by atoms with van der Waals surface area (Å²) in [5.74, 6) is 0. The van der Waals surface area contributed by atoms with Gasteiger partial charge in [0.15, 0.2) is 0 Å². The highest BCUT2D eigenvalue weighted by Gasteiger charge is 2.18. The molecule has 0 aromatic heterocycles. The molecule has 2 nitrogen and oxygen atoms in total. The van der Waals surface area contributed by atoms with Crippen LogP contribution in [-0.4, -0.2) is 18.0 Å². The second-order valence-corrected chi connectivity index (χ2v) is 6.20. The van der Waals surface area contributed by atoms with E-state index in [-0.39, 0.29) is 0 Å². The molecule has 2 aliphatic heterocycles. The van der Waals surface area contributed by atoms with Gasteiger partial charge in [-0.25, -0.2) is 0 Å². The second kappa shape index (κ2) is 5.53. The van der Waals surface area contributed by atoms with Gasteiger partial charge in [0.1, 0.15) is 0 Å². The molecule has 2 heterocycles. The summed E-state index contributed by atoms with van der Waals surface area (Å²) in [5.41, 5.74) is 7.45. The normalized spacial score (nSPS) is 17.7. The average molecular weight is 278 g/mol. The van der Waals surface area contributed by atoms with Gasteiger partial charge in [0, 0.05) is 31.9 Å². The highest BCUT2D eigenvalue weighted by molar-refractivity contribution is 5.56. The number of benzene rings is 2. The Morgan fingerprint density at radius 3 is 2.81 bits per heavy atom. The molecule has 2 aliphatic rings. The topological polar surface area (TPSA) is 15.3 Å². The molecule has 0 saturated heterocycles. The Labute approximate surface area is 126 Å².